The highest BCUT2D eigenvalue weighted by Gasteiger charge is 2.16. The van der Waals surface area contributed by atoms with Gasteiger partial charge in [0.05, 0.1) is 14.2 Å². The van der Waals surface area contributed by atoms with Gasteiger partial charge in [-0.3, -0.25) is 4.79 Å². The summed E-state index contributed by atoms with van der Waals surface area (Å²) in [6.07, 6.45) is 0. The van der Waals surface area contributed by atoms with Crippen molar-refractivity contribution in [1.82, 2.24) is 4.98 Å². The molecule has 0 saturated heterocycles. The van der Waals surface area contributed by atoms with Crippen molar-refractivity contribution < 1.29 is 24.2 Å². The minimum atomic E-state index is -0.977. The van der Waals surface area contributed by atoms with Crippen LogP contribution >= 0.6 is 0 Å². The quantitative estimate of drug-likeness (QED) is 0.760. The molecule has 0 aliphatic heterocycles. The zero-order chi connectivity index (χ0) is 13.7. The van der Waals surface area contributed by atoms with E-state index < -0.39 is 11.9 Å². The molecule has 0 bridgehead atoms. The lowest BCUT2D eigenvalue weighted by Gasteiger charge is -2.16. The van der Waals surface area contributed by atoms with Crippen molar-refractivity contribution in [2.24, 2.45) is 0 Å². The van der Waals surface area contributed by atoms with Crippen LogP contribution in [0.4, 0.5) is 5.82 Å². The van der Waals surface area contributed by atoms with E-state index in [4.69, 9.17) is 9.84 Å². The number of aliphatic carboxylic acids is 1. The number of hydrogen-bond acceptors (Lipinski definition) is 6. The normalized spacial score (nSPS) is 9.72. The zero-order valence-corrected chi connectivity index (χ0v) is 10.3. The fourth-order valence-electron chi connectivity index (χ4n) is 1.35. The summed E-state index contributed by atoms with van der Waals surface area (Å²) in [5, 5.41) is 8.68. The Morgan fingerprint density at radius 1 is 1.39 bits per heavy atom. The largest absolute Gasteiger partial charge is 0.480 e. The average Bonchev–Trinajstić information content (AvgIpc) is 2.36. The summed E-state index contributed by atoms with van der Waals surface area (Å²) in [5.74, 6) is -1.06. The van der Waals surface area contributed by atoms with Crippen molar-refractivity contribution >= 4 is 17.8 Å². The third-order valence-corrected chi connectivity index (χ3v) is 2.21. The second-order valence-electron chi connectivity index (χ2n) is 3.47. The highest BCUT2D eigenvalue weighted by Crippen LogP contribution is 2.20. The Morgan fingerprint density at radius 2 is 2.06 bits per heavy atom. The van der Waals surface area contributed by atoms with E-state index in [1.165, 1.54) is 31.3 Å². The monoisotopic (exact) mass is 254 g/mol. The molecule has 1 heterocycles. The molecule has 0 aromatic carbocycles. The number of hydrogen-bond donors (Lipinski definition) is 1. The lowest BCUT2D eigenvalue weighted by Crippen LogP contribution is -2.26. The minimum Gasteiger partial charge on any atom is -0.480 e. The van der Waals surface area contributed by atoms with E-state index in [2.05, 4.69) is 9.72 Å². The number of likely N-dealkylation sites (N-methyl/N-ethyl adjacent to an activating group) is 1. The number of methoxy groups -OCH3 is 2. The first kappa shape index (κ1) is 13.8. The Bertz CT molecular complexity index is 461. The number of nitrogens with zero attached hydrogens (tertiary/aromatic N) is 2. The summed E-state index contributed by atoms with van der Waals surface area (Å²) < 4.78 is 9.56. The van der Waals surface area contributed by atoms with Gasteiger partial charge in [0.1, 0.15) is 17.9 Å². The van der Waals surface area contributed by atoms with E-state index >= 15 is 0 Å². The standard InChI is InChI=1S/C11H14N2O5/c1-13(6-9(14)15)8-5-4-7(11(16)18-3)10(12-8)17-2/h4-5H,6H2,1-3H3,(H,14,15). The van der Waals surface area contributed by atoms with Crippen LogP contribution in [0.2, 0.25) is 0 Å². The van der Waals surface area contributed by atoms with Gasteiger partial charge >= 0.3 is 11.9 Å². The van der Waals surface area contributed by atoms with E-state index in [9.17, 15) is 9.59 Å². The molecule has 1 N–H and O–H groups in total. The third-order valence-electron chi connectivity index (χ3n) is 2.21. The van der Waals surface area contributed by atoms with Crippen LogP contribution in [0.15, 0.2) is 12.1 Å². The maximum Gasteiger partial charge on any atom is 0.343 e. The van der Waals surface area contributed by atoms with Gasteiger partial charge in [-0.2, -0.15) is 4.98 Å². The number of ether oxygens (including phenoxy) is 2. The fraction of sp³-hybridized carbons (Fsp3) is 0.364. The molecule has 0 spiro atoms. The van der Waals surface area contributed by atoms with Crippen LogP contribution in [0.25, 0.3) is 0 Å². The molecular formula is C11H14N2O5. The van der Waals surface area contributed by atoms with E-state index in [-0.39, 0.29) is 18.0 Å². The molecule has 0 aliphatic rings. The summed E-state index contributed by atoms with van der Waals surface area (Å²) in [4.78, 5) is 27.5. The smallest absolute Gasteiger partial charge is 0.343 e. The van der Waals surface area contributed by atoms with Crippen LogP contribution in [0.3, 0.4) is 0 Å². The molecule has 0 radical (unpaired) electrons. The Balaban J connectivity index is 3.05. The highest BCUT2D eigenvalue weighted by atomic mass is 16.5. The Morgan fingerprint density at radius 3 is 2.56 bits per heavy atom. The molecule has 0 aliphatic carbocycles. The number of carbonyl (C=O) groups excluding carboxylic acids is 1. The first-order valence-corrected chi connectivity index (χ1v) is 5.06. The van der Waals surface area contributed by atoms with Gasteiger partial charge in [-0.15, -0.1) is 0 Å². The van der Waals surface area contributed by atoms with Crippen molar-refractivity contribution in [2.75, 3.05) is 32.7 Å². The molecule has 0 saturated carbocycles. The number of carboxylic acid groups (broad SMARTS) is 1. The van der Waals surface area contributed by atoms with Gasteiger partial charge < -0.3 is 19.5 Å². The Labute approximate surface area is 104 Å². The number of pyridine rings is 1. The number of anilines is 1. The molecule has 1 aromatic heterocycles. The van der Waals surface area contributed by atoms with E-state index in [1.54, 1.807) is 7.05 Å². The maximum atomic E-state index is 11.4. The fourth-order valence-corrected chi connectivity index (χ4v) is 1.35. The van der Waals surface area contributed by atoms with Gasteiger partial charge in [-0.25, -0.2) is 4.79 Å². The maximum absolute atomic E-state index is 11.4. The highest BCUT2D eigenvalue weighted by molar-refractivity contribution is 5.92. The van der Waals surface area contributed by atoms with Crippen LogP contribution < -0.4 is 9.64 Å². The molecule has 98 valence electrons. The molecule has 0 unspecified atom stereocenters. The van der Waals surface area contributed by atoms with Crippen molar-refractivity contribution in [3.8, 4) is 5.88 Å². The number of rotatable bonds is 5. The Hall–Kier alpha value is -2.31. The van der Waals surface area contributed by atoms with Crippen LogP contribution in [0.1, 0.15) is 10.4 Å². The van der Waals surface area contributed by atoms with Gasteiger partial charge in [0.2, 0.25) is 5.88 Å². The van der Waals surface area contributed by atoms with Crippen LogP contribution in [-0.4, -0.2) is 49.8 Å². The second-order valence-corrected chi connectivity index (χ2v) is 3.47. The van der Waals surface area contributed by atoms with Crippen molar-refractivity contribution in [3.05, 3.63) is 17.7 Å². The SMILES string of the molecule is COC(=O)c1ccc(N(C)CC(=O)O)nc1OC. The van der Waals surface area contributed by atoms with E-state index in [0.29, 0.717) is 5.82 Å². The lowest BCUT2D eigenvalue weighted by molar-refractivity contribution is -0.135. The summed E-state index contributed by atoms with van der Waals surface area (Å²) >= 11 is 0. The summed E-state index contributed by atoms with van der Waals surface area (Å²) in [5.41, 5.74) is 0.187. The first-order valence-electron chi connectivity index (χ1n) is 5.06. The molecule has 7 heteroatoms. The lowest BCUT2D eigenvalue weighted by atomic mass is 10.2. The molecule has 7 nitrogen and oxygen atoms in total. The number of aromatic nitrogens is 1. The Kier molecular flexibility index (Phi) is 4.47. The number of carboxylic acids is 1. The molecular weight excluding hydrogens is 240 g/mol. The van der Waals surface area contributed by atoms with Crippen molar-refractivity contribution in [3.63, 3.8) is 0 Å². The summed E-state index contributed by atoms with van der Waals surface area (Å²) in [6.45, 7) is -0.201. The summed E-state index contributed by atoms with van der Waals surface area (Å²) in [7, 11) is 4.20. The van der Waals surface area contributed by atoms with Gasteiger partial charge in [-0.05, 0) is 12.1 Å². The molecule has 1 aromatic rings. The predicted molar refractivity (Wildman–Crippen MR) is 63.0 cm³/mol. The van der Waals surface area contributed by atoms with Crippen LogP contribution in [0.5, 0.6) is 5.88 Å². The summed E-state index contributed by atoms with van der Waals surface area (Å²) in [6, 6.07) is 3.00. The van der Waals surface area contributed by atoms with Crippen LogP contribution in [0, 0.1) is 0 Å². The molecule has 1 rings (SSSR count). The van der Waals surface area contributed by atoms with Gasteiger partial charge in [0.25, 0.3) is 0 Å². The van der Waals surface area contributed by atoms with E-state index in [0.717, 1.165) is 0 Å². The zero-order valence-electron chi connectivity index (χ0n) is 10.3. The average molecular weight is 254 g/mol. The molecule has 0 atom stereocenters. The first-order chi connectivity index (χ1) is 8.49. The van der Waals surface area contributed by atoms with Crippen LogP contribution in [-0.2, 0) is 9.53 Å². The van der Waals surface area contributed by atoms with Gasteiger partial charge in [-0.1, -0.05) is 0 Å². The molecule has 0 fully saturated rings. The molecule has 18 heavy (non-hydrogen) atoms. The topological polar surface area (TPSA) is 89.0 Å². The molecule has 0 amide bonds. The number of esters is 1. The van der Waals surface area contributed by atoms with Crippen molar-refractivity contribution in [1.29, 1.82) is 0 Å². The predicted octanol–water partition coefficient (Wildman–Crippen LogP) is 0.398. The second kappa shape index (κ2) is 5.85. The van der Waals surface area contributed by atoms with E-state index in [1.807, 2.05) is 0 Å². The van der Waals surface area contributed by atoms with Gasteiger partial charge in [0.15, 0.2) is 0 Å². The van der Waals surface area contributed by atoms with Crippen molar-refractivity contribution in [2.45, 2.75) is 0 Å². The number of carbonyl (C=O) groups is 2. The third kappa shape index (κ3) is 3.09. The minimum absolute atomic E-state index is 0.0941. The van der Waals surface area contributed by atoms with Gasteiger partial charge in [0, 0.05) is 7.05 Å².